The zero-order chi connectivity index (χ0) is 10.5. The molecule has 15 heavy (non-hydrogen) atoms. The van der Waals surface area contributed by atoms with E-state index in [0.29, 0.717) is 0 Å². The third-order valence-electron chi connectivity index (χ3n) is 2.94. The Hall–Kier alpha value is -1.03. The fourth-order valence-electron chi connectivity index (χ4n) is 1.95. The Kier molecular flexibility index (Phi) is 3.61. The van der Waals surface area contributed by atoms with Crippen LogP contribution in [0.4, 0.5) is 0 Å². The maximum Gasteiger partial charge on any atom is 0.296 e. The molecule has 1 unspecified atom stereocenters. The number of imidazole rings is 1. The molecule has 0 radical (unpaired) electrons. The number of hydrogen-bond acceptors (Lipinski definition) is 3. The summed E-state index contributed by atoms with van der Waals surface area (Å²) in [5.41, 5.74) is 0. The maximum atomic E-state index is 5.65. The van der Waals surface area contributed by atoms with Crippen LogP contribution in [0.25, 0.3) is 0 Å². The van der Waals surface area contributed by atoms with Crippen LogP contribution in [-0.2, 0) is 6.54 Å². The van der Waals surface area contributed by atoms with Gasteiger partial charge in [-0.3, -0.25) is 0 Å². The minimum absolute atomic E-state index is 0.753. The number of aromatic nitrogens is 2. The van der Waals surface area contributed by atoms with Gasteiger partial charge in [-0.1, -0.05) is 0 Å². The lowest BCUT2D eigenvalue weighted by atomic mass is 10.1. The number of aryl methyl sites for hydroxylation is 1. The Morgan fingerprint density at radius 2 is 2.60 bits per heavy atom. The second-order valence-electron chi connectivity index (χ2n) is 3.99. The summed E-state index contributed by atoms with van der Waals surface area (Å²) < 4.78 is 7.67. The number of rotatable bonds is 5. The van der Waals surface area contributed by atoms with E-state index in [-0.39, 0.29) is 0 Å². The molecule has 1 fully saturated rings. The molecule has 2 heterocycles. The number of nitrogens with zero attached hydrogens (tertiary/aromatic N) is 2. The Labute approximate surface area is 90.6 Å². The third kappa shape index (κ3) is 2.72. The summed E-state index contributed by atoms with van der Waals surface area (Å²) in [4.78, 5) is 4.18. The average Bonchev–Trinajstić information content (AvgIpc) is 2.88. The lowest BCUT2D eigenvalue weighted by Crippen LogP contribution is -2.12. The van der Waals surface area contributed by atoms with Crippen molar-refractivity contribution in [1.29, 1.82) is 0 Å². The summed E-state index contributed by atoms with van der Waals surface area (Å²) in [6.07, 6.45) is 6.15. The van der Waals surface area contributed by atoms with Crippen LogP contribution in [0.1, 0.15) is 19.8 Å². The first-order valence-corrected chi connectivity index (χ1v) is 5.74. The van der Waals surface area contributed by atoms with Crippen molar-refractivity contribution in [3.05, 3.63) is 12.4 Å². The van der Waals surface area contributed by atoms with Gasteiger partial charge in [0.2, 0.25) is 0 Å². The molecule has 0 aliphatic carbocycles. The molecule has 4 heteroatoms. The van der Waals surface area contributed by atoms with Gasteiger partial charge in [-0.05, 0) is 38.8 Å². The monoisotopic (exact) mass is 209 g/mol. The highest BCUT2D eigenvalue weighted by molar-refractivity contribution is 4.97. The Balaban J connectivity index is 1.73. The van der Waals surface area contributed by atoms with E-state index in [2.05, 4.69) is 17.2 Å². The van der Waals surface area contributed by atoms with Crippen LogP contribution in [-0.4, -0.2) is 29.2 Å². The van der Waals surface area contributed by atoms with Gasteiger partial charge in [0.1, 0.15) is 0 Å². The number of nitrogens with one attached hydrogen (secondary N) is 1. The summed E-state index contributed by atoms with van der Waals surface area (Å²) in [6.45, 7) is 6.10. The van der Waals surface area contributed by atoms with E-state index in [1.54, 1.807) is 6.20 Å². The summed E-state index contributed by atoms with van der Waals surface area (Å²) in [6, 6.07) is 0.753. The van der Waals surface area contributed by atoms with Crippen molar-refractivity contribution in [2.45, 2.75) is 26.3 Å². The predicted molar refractivity (Wildman–Crippen MR) is 59.0 cm³/mol. The van der Waals surface area contributed by atoms with Crippen LogP contribution in [0.3, 0.4) is 0 Å². The van der Waals surface area contributed by atoms with Gasteiger partial charge in [0.15, 0.2) is 0 Å². The highest BCUT2D eigenvalue weighted by Gasteiger charge is 2.14. The van der Waals surface area contributed by atoms with Crippen LogP contribution in [0.5, 0.6) is 6.01 Å². The van der Waals surface area contributed by atoms with Crippen LogP contribution in [0.2, 0.25) is 0 Å². The standard InChI is InChI=1S/C11H19N3O/c1-2-14-7-6-13-11(14)15-8-4-10-3-5-12-9-10/h6-7,10,12H,2-5,8-9H2,1H3. The molecule has 4 nitrogen and oxygen atoms in total. The van der Waals surface area contributed by atoms with E-state index in [1.165, 1.54) is 6.42 Å². The lowest BCUT2D eigenvalue weighted by molar-refractivity contribution is 0.253. The van der Waals surface area contributed by atoms with Crippen molar-refractivity contribution in [2.75, 3.05) is 19.7 Å². The first-order valence-electron chi connectivity index (χ1n) is 5.74. The van der Waals surface area contributed by atoms with Crippen LogP contribution in [0, 0.1) is 5.92 Å². The first-order chi connectivity index (χ1) is 7.40. The van der Waals surface area contributed by atoms with Crippen LogP contribution in [0.15, 0.2) is 12.4 Å². The van der Waals surface area contributed by atoms with E-state index in [0.717, 1.165) is 44.6 Å². The molecule has 0 bridgehead atoms. The second-order valence-corrected chi connectivity index (χ2v) is 3.99. The molecule has 84 valence electrons. The lowest BCUT2D eigenvalue weighted by Gasteiger charge is -2.10. The highest BCUT2D eigenvalue weighted by atomic mass is 16.5. The van der Waals surface area contributed by atoms with Gasteiger partial charge in [0.05, 0.1) is 6.61 Å². The molecule has 1 aliphatic heterocycles. The molecule has 1 atom stereocenters. The quantitative estimate of drug-likeness (QED) is 0.794. The molecular formula is C11H19N3O. The molecule has 1 aliphatic rings. The van der Waals surface area contributed by atoms with Crippen molar-refractivity contribution in [3.63, 3.8) is 0 Å². The smallest absolute Gasteiger partial charge is 0.296 e. The Bertz CT molecular complexity index is 292. The molecular weight excluding hydrogens is 190 g/mol. The predicted octanol–water partition coefficient (Wildman–Crippen LogP) is 1.28. The van der Waals surface area contributed by atoms with E-state index in [9.17, 15) is 0 Å². The van der Waals surface area contributed by atoms with Gasteiger partial charge >= 0.3 is 0 Å². The number of hydrogen-bond donors (Lipinski definition) is 1. The van der Waals surface area contributed by atoms with Gasteiger partial charge in [0, 0.05) is 18.9 Å². The van der Waals surface area contributed by atoms with Gasteiger partial charge < -0.3 is 14.6 Å². The molecule has 0 saturated carbocycles. The third-order valence-corrected chi connectivity index (χ3v) is 2.94. The molecule has 0 amide bonds. The van der Waals surface area contributed by atoms with E-state index in [4.69, 9.17) is 4.74 Å². The zero-order valence-corrected chi connectivity index (χ0v) is 9.28. The molecule has 1 saturated heterocycles. The molecule has 1 N–H and O–H groups in total. The van der Waals surface area contributed by atoms with Gasteiger partial charge in [-0.25, -0.2) is 4.98 Å². The maximum absolute atomic E-state index is 5.65. The minimum atomic E-state index is 0.753. The Morgan fingerprint density at radius 1 is 1.67 bits per heavy atom. The van der Waals surface area contributed by atoms with E-state index >= 15 is 0 Å². The van der Waals surface area contributed by atoms with E-state index in [1.807, 2.05) is 10.8 Å². The van der Waals surface area contributed by atoms with Crippen molar-refractivity contribution < 1.29 is 4.74 Å². The summed E-state index contributed by atoms with van der Waals surface area (Å²) in [7, 11) is 0. The average molecular weight is 209 g/mol. The normalized spacial score (nSPS) is 20.7. The molecule has 2 rings (SSSR count). The largest absolute Gasteiger partial charge is 0.465 e. The second kappa shape index (κ2) is 5.16. The molecule has 1 aromatic heterocycles. The van der Waals surface area contributed by atoms with Crippen LogP contribution >= 0.6 is 0 Å². The zero-order valence-electron chi connectivity index (χ0n) is 9.28. The fourth-order valence-corrected chi connectivity index (χ4v) is 1.95. The molecule has 1 aromatic rings. The summed E-state index contributed by atoms with van der Waals surface area (Å²) >= 11 is 0. The minimum Gasteiger partial charge on any atom is -0.465 e. The summed E-state index contributed by atoms with van der Waals surface area (Å²) in [5.74, 6) is 0.787. The molecule has 0 spiro atoms. The Morgan fingerprint density at radius 3 is 3.33 bits per heavy atom. The molecule has 0 aromatic carbocycles. The first kappa shape index (κ1) is 10.5. The SMILES string of the molecule is CCn1ccnc1OCCC1CCNC1. The number of ether oxygens (including phenoxy) is 1. The van der Waals surface area contributed by atoms with Crippen molar-refractivity contribution >= 4 is 0 Å². The fraction of sp³-hybridized carbons (Fsp3) is 0.727. The van der Waals surface area contributed by atoms with Crippen molar-refractivity contribution in [1.82, 2.24) is 14.9 Å². The van der Waals surface area contributed by atoms with Gasteiger partial charge in [-0.2, -0.15) is 0 Å². The summed E-state index contributed by atoms with van der Waals surface area (Å²) in [5, 5.41) is 3.36. The van der Waals surface area contributed by atoms with Crippen molar-refractivity contribution in [2.24, 2.45) is 5.92 Å². The topological polar surface area (TPSA) is 39.1 Å². The van der Waals surface area contributed by atoms with Crippen molar-refractivity contribution in [3.8, 4) is 6.01 Å². The van der Waals surface area contributed by atoms with Crippen LogP contribution < -0.4 is 10.1 Å². The van der Waals surface area contributed by atoms with E-state index < -0.39 is 0 Å². The van der Waals surface area contributed by atoms with Gasteiger partial charge in [0.25, 0.3) is 6.01 Å². The van der Waals surface area contributed by atoms with Gasteiger partial charge in [-0.15, -0.1) is 0 Å². The highest BCUT2D eigenvalue weighted by Crippen LogP contribution is 2.13.